The van der Waals surface area contributed by atoms with Crippen molar-refractivity contribution in [3.63, 3.8) is 0 Å². The molecule has 0 aromatic heterocycles. The highest BCUT2D eigenvalue weighted by Crippen LogP contribution is 2.00. The van der Waals surface area contributed by atoms with Gasteiger partial charge in [-0.3, -0.25) is 4.90 Å². The zero-order valence-electron chi connectivity index (χ0n) is 15.0. The van der Waals surface area contributed by atoms with Gasteiger partial charge in [0.2, 0.25) is 0 Å². The molecule has 0 bridgehead atoms. The van der Waals surface area contributed by atoms with Gasteiger partial charge < -0.3 is 13.4 Å². The van der Waals surface area contributed by atoms with E-state index in [0.29, 0.717) is 0 Å². The topological polar surface area (TPSA) is 3.24 Å². The number of quaternary nitrogens is 3. The Hall–Kier alpha value is -0.160. The van der Waals surface area contributed by atoms with Crippen LogP contribution >= 0.6 is 0 Å². The summed E-state index contributed by atoms with van der Waals surface area (Å²) in [5, 5.41) is 0. The van der Waals surface area contributed by atoms with Crippen LogP contribution in [0.25, 0.3) is 0 Å². The summed E-state index contributed by atoms with van der Waals surface area (Å²) in [6.45, 7) is 7.24. The summed E-state index contributed by atoms with van der Waals surface area (Å²) in [7, 11) is 20.5. The van der Waals surface area contributed by atoms with Crippen molar-refractivity contribution in [2.24, 2.45) is 0 Å². The highest BCUT2D eigenvalue weighted by molar-refractivity contribution is 4.57. The van der Waals surface area contributed by atoms with Gasteiger partial charge in [-0.05, 0) is 0 Å². The fourth-order valence-corrected chi connectivity index (χ4v) is 1.66. The minimum absolute atomic E-state index is 0. The molecule has 0 N–H and O–H groups in total. The molecule has 4 heteroatoms. The van der Waals surface area contributed by atoms with Crippen molar-refractivity contribution < 1.29 is 13.4 Å². The van der Waals surface area contributed by atoms with Crippen molar-refractivity contribution in [2.75, 3.05) is 103 Å². The van der Waals surface area contributed by atoms with Gasteiger partial charge in [-0.25, -0.2) is 0 Å². The number of nitrogens with zero attached hydrogens (tertiary/aromatic N) is 4. The Kier molecular flexibility index (Phi) is 9.21. The van der Waals surface area contributed by atoms with Gasteiger partial charge >= 0.3 is 0 Å². The van der Waals surface area contributed by atoms with Gasteiger partial charge in [-0.15, -0.1) is 0 Å². The standard InChI is InChI=1S/C15H39N4.CH4/c1-17(2,3)13-10-16(11-14-18(4,5)6)12-15-19(7,8)9;/h10-15H2,1-9H3;1H4/q+3;. The normalized spacial score (nSPS) is 13.5. The minimum Gasteiger partial charge on any atom is -0.330 e. The van der Waals surface area contributed by atoms with Crippen molar-refractivity contribution in [1.29, 1.82) is 0 Å². The van der Waals surface area contributed by atoms with Crippen molar-refractivity contribution in [1.82, 2.24) is 4.90 Å². The molecule has 0 atom stereocenters. The molecule has 0 amide bonds. The predicted octanol–water partition coefficient (Wildman–Crippen LogP) is 1.04. The Morgan fingerprint density at radius 3 is 0.850 bits per heavy atom. The summed E-state index contributed by atoms with van der Waals surface area (Å²) in [6, 6.07) is 0. The second-order valence-corrected chi connectivity index (χ2v) is 8.88. The maximum Gasteiger partial charge on any atom is 0.0909 e. The Labute approximate surface area is 129 Å². The Bertz CT molecular complexity index is 200. The molecule has 0 rings (SSSR count). The number of hydrogen-bond donors (Lipinski definition) is 0. The van der Waals surface area contributed by atoms with Gasteiger partial charge in [0.25, 0.3) is 0 Å². The summed E-state index contributed by atoms with van der Waals surface area (Å²) in [5.74, 6) is 0. The van der Waals surface area contributed by atoms with E-state index in [1.165, 1.54) is 39.3 Å². The van der Waals surface area contributed by atoms with E-state index >= 15 is 0 Å². The second-order valence-electron chi connectivity index (χ2n) is 8.88. The van der Waals surface area contributed by atoms with Gasteiger partial charge in [-0.2, -0.15) is 0 Å². The summed E-state index contributed by atoms with van der Waals surface area (Å²) in [4.78, 5) is 2.64. The predicted molar refractivity (Wildman–Crippen MR) is 91.9 cm³/mol. The highest BCUT2D eigenvalue weighted by atomic mass is 15.3. The summed E-state index contributed by atoms with van der Waals surface area (Å²) < 4.78 is 3.14. The maximum absolute atomic E-state index is 2.64. The van der Waals surface area contributed by atoms with Crippen LogP contribution in [0.15, 0.2) is 0 Å². The smallest absolute Gasteiger partial charge is 0.0909 e. The maximum atomic E-state index is 2.64. The van der Waals surface area contributed by atoms with E-state index in [1.807, 2.05) is 0 Å². The molecule has 0 saturated heterocycles. The molecule has 124 valence electrons. The van der Waals surface area contributed by atoms with Gasteiger partial charge in [0, 0.05) is 19.6 Å². The largest absolute Gasteiger partial charge is 0.330 e. The molecule has 0 aliphatic heterocycles. The first-order valence-corrected chi connectivity index (χ1v) is 7.42. The average molecular weight is 292 g/mol. The average Bonchev–Trinajstić information content (AvgIpc) is 2.11. The van der Waals surface area contributed by atoms with E-state index < -0.39 is 0 Å². The third-order valence-electron chi connectivity index (χ3n) is 3.26. The van der Waals surface area contributed by atoms with E-state index in [0.717, 1.165) is 13.4 Å². The van der Waals surface area contributed by atoms with Crippen molar-refractivity contribution in [2.45, 2.75) is 7.43 Å². The van der Waals surface area contributed by atoms with Crippen molar-refractivity contribution in [3.8, 4) is 0 Å². The van der Waals surface area contributed by atoms with Crippen molar-refractivity contribution in [3.05, 3.63) is 0 Å². The number of likely N-dealkylation sites (N-methyl/N-ethyl adjacent to an activating group) is 3. The molecule has 0 spiro atoms. The Balaban J connectivity index is 0. The lowest BCUT2D eigenvalue weighted by Gasteiger charge is -2.33. The molecule has 0 aromatic carbocycles. The lowest BCUT2D eigenvalue weighted by Crippen LogP contribution is -2.49. The quantitative estimate of drug-likeness (QED) is 0.574. The Morgan fingerprint density at radius 1 is 0.500 bits per heavy atom. The van der Waals surface area contributed by atoms with Crippen LogP contribution in [-0.2, 0) is 0 Å². The molecule has 0 saturated carbocycles. The van der Waals surface area contributed by atoms with E-state index in [9.17, 15) is 0 Å². The van der Waals surface area contributed by atoms with E-state index in [4.69, 9.17) is 0 Å². The number of rotatable bonds is 9. The van der Waals surface area contributed by atoms with E-state index in [-0.39, 0.29) is 7.43 Å². The molecule has 0 aliphatic rings. The lowest BCUT2D eigenvalue weighted by atomic mass is 10.3. The monoisotopic (exact) mass is 291 g/mol. The van der Waals surface area contributed by atoms with Crippen LogP contribution in [0.5, 0.6) is 0 Å². The summed E-state index contributed by atoms with van der Waals surface area (Å²) >= 11 is 0. The molecular weight excluding hydrogens is 248 g/mol. The molecule has 0 radical (unpaired) electrons. The Morgan fingerprint density at radius 2 is 0.700 bits per heavy atom. The van der Waals surface area contributed by atoms with Crippen LogP contribution in [0.1, 0.15) is 7.43 Å². The third kappa shape index (κ3) is 15.9. The third-order valence-corrected chi connectivity index (χ3v) is 3.26. The molecule has 20 heavy (non-hydrogen) atoms. The second kappa shape index (κ2) is 8.32. The zero-order valence-corrected chi connectivity index (χ0v) is 15.0. The SMILES string of the molecule is C.C[N+](C)(C)CCN(CC[N+](C)(C)C)CC[N+](C)(C)C. The first kappa shape index (κ1) is 22.1. The van der Waals surface area contributed by atoms with Crippen LogP contribution in [-0.4, -0.2) is 121 Å². The molecular formula is C16H43N4+3. The summed E-state index contributed by atoms with van der Waals surface area (Å²) in [5.41, 5.74) is 0. The molecule has 0 aliphatic carbocycles. The fourth-order valence-electron chi connectivity index (χ4n) is 1.66. The molecule has 0 fully saturated rings. The van der Waals surface area contributed by atoms with Crippen molar-refractivity contribution >= 4 is 0 Å². The number of hydrogen-bond acceptors (Lipinski definition) is 1. The molecule has 0 aromatic rings. The summed E-state index contributed by atoms with van der Waals surface area (Å²) in [6.07, 6.45) is 0. The van der Waals surface area contributed by atoms with Crippen LogP contribution in [0.4, 0.5) is 0 Å². The van der Waals surface area contributed by atoms with Crippen LogP contribution < -0.4 is 0 Å². The highest BCUT2D eigenvalue weighted by Gasteiger charge is 2.17. The zero-order chi connectivity index (χ0) is 15.3. The van der Waals surface area contributed by atoms with E-state index in [2.05, 4.69) is 68.3 Å². The van der Waals surface area contributed by atoms with Gasteiger partial charge in [0.1, 0.15) is 0 Å². The lowest BCUT2D eigenvalue weighted by molar-refractivity contribution is -0.875. The van der Waals surface area contributed by atoms with E-state index in [1.54, 1.807) is 0 Å². The van der Waals surface area contributed by atoms with Gasteiger partial charge in [-0.1, -0.05) is 7.43 Å². The van der Waals surface area contributed by atoms with Gasteiger partial charge in [0.05, 0.1) is 83.1 Å². The molecule has 4 nitrogen and oxygen atoms in total. The fraction of sp³-hybridized carbons (Fsp3) is 1.00. The van der Waals surface area contributed by atoms with Crippen LogP contribution in [0.3, 0.4) is 0 Å². The first-order valence-electron chi connectivity index (χ1n) is 7.42. The minimum atomic E-state index is 0. The van der Waals surface area contributed by atoms with Crippen LogP contribution in [0, 0.1) is 0 Å². The van der Waals surface area contributed by atoms with Crippen LogP contribution in [0.2, 0.25) is 0 Å². The molecule has 0 unspecified atom stereocenters. The first-order chi connectivity index (χ1) is 8.29. The van der Waals surface area contributed by atoms with Gasteiger partial charge in [0.15, 0.2) is 0 Å². The molecule has 0 heterocycles.